The van der Waals surface area contributed by atoms with Crippen molar-refractivity contribution < 1.29 is 0 Å². The van der Waals surface area contributed by atoms with Crippen LogP contribution in [0.5, 0.6) is 0 Å². The molecule has 0 spiro atoms. The summed E-state index contributed by atoms with van der Waals surface area (Å²) in [5.41, 5.74) is 2.53. The minimum Gasteiger partial charge on any atom is -0.305 e. The molecule has 1 rings (SSSR count). The summed E-state index contributed by atoms with van der Waals surface area (Å²) in [6, 6.07) is 7.77. The highest BCUT2D eigenvalue weighted by Crippen LogP contribution is 2.06. The number of hydrogen-bond donors (Lipinski definition) is 1. The highest BCUT2D eigenvalue weighted by Gasteiger charge is 1.99. The molecule has 2 nitrogen and oxygen atoms in total. The third kappa shape index (κ3) is 1.78. The van der Waals surface area contributed by atoms with Gasteiger partial charge in [-0.05, 0) is 6.92 Å². The van der Waals surface area contributed by atoms with Gasteiger partial charge in [0.1, 0.15) is 0 Å². The molecule has 1 aromatic rings. The second-order valence-corrected chi connectivity index (χ2v) is 2.60. The van der Waals surface area contributed by atoms with Crippen LogP contribution in [0.4, 0.5) is 0 Å². The van der Waals surface area contributed by atoms with E-state index in [0.29, 0.717) is 5.71 Å². The van der Waals surface area contributed by atoms with Crippen molar-refractivity contribution in [2.45, 2.75) is 6.92 Å². The largest absolute Gasteiger partial charge is 0.305 e. The maximum atomic E-state index is 7.49. The van der Waals surface area contributed by atoms with E-state index in [1.54, 1.807) is 20.2 Å². The fourth-order valence-corrected chi connectivity index (χ4v) is 1.09. The van der Waals surface area contributed by atoms with Gasteiger partial charge in [0.05, 0.1) is 0 Å². The molecule has 62 valence electrons. The second kappa shape index (κ2) is 3.81. The topological polar surface area (TPSA) is 36.2 Å². The molecule has 0 aliphatic carbocycles. The summed E-state index contributed by atoms with van der Waals surface area (Å²) in [5.74, 6) is 0. The Morgan fingerprint density at radius 3 is 2.67 bits per heavy atom. The SMILES string of the molecule is CN=Cc1ccccc1C(C)=N. The van der Waals surface area contributed by atoms with Gasteiger partial charge in [0.25, 0.3) is 0 Å². The summed E-state index contributed by atoms with van der Waals surface area (Å²) in [7, 11) is 1.73. The Morgan fingerprint density at radius 2 is 2.08 bits per heavy atom. The van der Waals surface area contributed by atoms with Crippen LogP contribution in [0.15, 0.2) is 29.3 Å². The Hall–Kier alpha value is -1.44. The van der Waals surface area contributed by atoms with E-state index in [9.17, 15) is 0 Å². The van der Waals surface area contributed by atoms with Gasteiger partial charge < -0.3 is 5.41 Å². The van der Waals surface area contributed by atoms with Crippen LogP contribution in [0.1, 0.15) is 18.1 Å². The zero-order valence-electron chi connectivity index (χ0n) is 7.33. The van der Waals surface area contributed by atoms with Crippen molar-refractivity contribution in [1.29, 1.82) is 5.41 Å². The van der Waals surface area contributed by atoms with Gasteiger partial charge in [-0.1, -0.05) is 24.3 Å². The molecule has 0 atom stereocenters. The first-order valence-corrected chi connectivity index (χ1v) is 3.82. The first-order valence-electron chi connectivity index (χ1n) is 3.82. The van der Waals surface area contributed by atoms with E-state index in [1.807, 2.05) is 24.3 Å². The van der Waals surface area contributed by atoms with E-state index >= 15 is 0 Å². The standard InChI is InChI=1S/C10H12N2/c1-8(11)10-6-4-3-5-9(10)7-12-2/h3-7,11H,1-2H3. The third-order valence-corrected chi connectivity index (χ3v) is 1.63. The maximum absolute atomic E-state index is 7.49. The lowest BCUT2D eigenvalue weighted by Gasteiger charge is -2.01. The van der Waals surface area contributed by atoms with E-state index in [-0.39, 0.29) is 0 Å². The van der Waals surface area contributed by atoms with E-state index in [1.165, 1.54) is 0 Å². The summed E-state index contributed by atoms with van der Waals surface area (Å²) in [4.78, 5) is 3.93. The van der Waals surface area contributed by atoms with Gasteiger partial charge in [-0.3, -0.25) is 4.99 Å². The van der Waals surface area contributed by atoms with E-state index in [2.05, 4.69) is 4.99 Å². The highest BCUT2D eigenvalue weighted by atomic mass is 14.6. The van der Waals surface area contributed by atoms with Crippen LogP contribution in [0.3, 0.4) is 0 Å². The molecule has 0 saturated carbocycles. The fraction of sp³-hybridized carbons (Fsp3) is 0.200. The summed E-state index contributed by atoms with van der Waals surface area (Å²) in [6.07, 6.45) is 1.77. The predicted molar refractivity (Wildman–Crippen MR) is 52.5 cm³/mol. The number of nitrogens with zero attached hydrogens (tertiary/aromatic N) is 1. The molecule has 0 saturated heterocycles. The molecule has 0 aliphatic rings. The van der Waals surface area contributed by atoms with Crippen molar-refractivity contribution in [1.82, 2.24) is 0 Å². The van der Waals surface area contributed by atoms with Crippen molar-refractivity contribution in [2.75, 3.05) is 7.05 Å². The van der Waals surface area contributed by atoms with Gasteiger partial charge in [-0.2, -0.15) is 0 Å². The van der Waals surface area contributed by atoms with E-state index < -0.39 is 0 Å². The van der Waals surface area contributed by atoms with Gasteiger partial charge >= 0.3 is 0 Å². The minimum atomic E-state index is 0.575. The summed E-state index contributed by atoms with van der Waals surface area (Å²) >= 11 is 0. The lowest BCUT2D eigenvalue weighted by atomic mass is 10.1. The molecular weight excluding hydrogens is 148 g/mol. The molecule has 0 aromatic heterocycles. The van der Waals surface area contributed by atoms with Crippen molar-refractivity contribution in [3.63, 3.8) is 0 Å². The summed E-state index contributed by atoms with van der Waals surface area (Å²) in [6.45, 7) is 1.78. The maximum Gasteiger partial charge on any atom is 0.0361 e. The van der Waals surface area contributed by atoms with Crippen LogP contribution in [-0.2, 0) is 0 Å². The van der Waals surface area contributed by atoms with Gasteiger partial charge in [-0.15, -0.1) is 0 Å². The molecular formula is C10H12N2. The van der Waals surface area contributed by atoms with Crippen LogP contribution >= 0.6 is 0 Å². The van der Waals surface area contributed by atoms with Crippen molar-refractivity contribution in [3.05, 3.63) is 35.4 Å². The molecule has 0 heterocycles. The fourth-order valence-electron chi connectivity index (χ4n) is 1.09. The van der Waals surface area contributed by atoms with Gasteiger partial charge in [0.15, 0.2) is 0 Å². The molecule has 0 fully saturated rings. The molecule has 1 aromatic carbocycles. The third-order valence-electron chi connectivity index (χ3n) is 1.63. The normalized spacial score (nSPS) is 10.5. The van der Waals surface area contributed by atoms with E-state index in [4.69, 9.17) is 5.41 Å². The minimum absolute atomic E-state index is 0.575. The van der Waals surface area contributed by atoms with Gasteiger partial charge in [0.2, 0.25) is 0 Å². The average molecular weight is 160 g/mol. The van der Waals surface area contributed by atoms with E-state index in [0.717, 1.165) is 11.1 Å². The zero-order chi connectivity index (χ0) is 8.97. The van der Waals surface area contributed by atoms with Crippen LogP contribution in [-0.4, -0.2) is 19.0 Å². The molecule has 0 radical (unpaired) electrons. The second-order valence-electron chi connectivity index (χ2n) is 2.60. The Morgan fingerprint density at radius 1 is 1.42 bits per heavy atom. The number of aliphatic imine (C=N–C) groups is 1. The summed E-state index contributed by atoms with van der Waals surface area (Å²) < 4.78 is 0. The van der Waals surface area contributed by atoms with Crippen LogP contribution in [0, 0.1) is 5.41 Å². The first kappa shape index (κ1) is 8.65. The molecule has 2 heteroatoms. The lowest BCUT2D eigenvalue weighted by Crippen LogP contribution is -1.97. The number of nitrogens with one attached hydrogen (secondary N) is 1. The molecule has 0 aliphatic heterocycles. The Kier molecular flexibility index (Phi) is 2.75. The zero-order valence-corrected chi connectivity index (χ0v) is 7.33. The first-order chi connectivity index (χ1) is 5.75. The van der Waals surface area contributed by atoms with Crippen molar-refractivity contribution >= 4 is 11.9 Å². The van der Waals surface area contributed by atoms with Crippen LogP contribution < -0.4 is 0 Å². The molecule has 12 heavy (non-hydrogen) atoms. The predicted octanol–water partition coefficient (Wildman–Crippen LogP) is 2.12. The molecule has 1 N–H and O–H groups in total. The number of benzene rings is 1. The van der Waals surface area contributed by atoms with Crippen LogP contribution in [0.25, 0.3) is 0 Å². The van der Waals surface area contributed by atoms with Crippen LogP contribution in [0.2, 0.25) is 0 Å². The molecule has 0 unspecified atom stereocenters. The Balaban J connectivity index is 3.17. The Labute approximate surface area is 72.5 Å². The number of hydrogen-bond acceptors (Lipinski definition) is 2. The Bertz CT molecular complexity index is 313. The van der Waals surface area contributed by atoms with Gasteiger partial charge in [0, 0.05) is 30.1 Å². The quantitative estimate of drug-likeness (QED) is 0.643. The van der Waals surface area contributed by atoms with Crippen molar-refractivity contribution in [2.24, 2.45) is 4.99 Å². The molecule has 0 bridgehead atoms. The summed E-state index contributed by atoms with van der Waals surface area (Å²) in [5, 5.41) is 7.49. The lowest BCUT2D eigenvalue weighted by molar-refractivity contribution is 1.43. The monoisotopic (exact) mass is 160 g/mol. The van der Waals surface area contributed by atoms with Gasteiger partial charge in [-0.25, -0.2) is 0 Å². The number of rotatable bonds is 2. The highest BCUT2D eigenvalue weighted by molar-refractivity contribution is 6.03. The average Bonchev–Trinajstić information content (AvgIpc) is 2.05. The van der Waals surface area contributed by atoms with Crippen molar-refractivity contribution in [3.8, 4) is 0 Å². The molecule has 0 amide bonds. The smallest absolute Gasteiger partial charge is 0.0361 e.